The average molecular weight is 504 g/mol. The monoisotopic (exact) mass is 503 g/mol. The van der Waals surface area contributed by atoms with Crippen LogP contribution in [0.25, 0.3) is 0 Å². The van der Waals surface area contributed by atoms with E-state index in [2.05, 4.69) is 4.90 Å². The second-order valence-corrected chi connectivity index (χ2v) is 9.96. The first-order chi connectivity index (χ1) is 17.0. The van der Waals surface area contributed by atoms with Crippen LogP contribution in [0.5, 0.6) is 5.75 Å². The predicted molar refractivity (Wildman–Crippen MR) is 126 cm³/mol. The Balaban J connectivity index is 1.63. The van der Waals surface area contributed by atoms with Crippen molar-refractivity contribution in [1.29, 1.82) is 0 Å². The van der Waals surface area contributed by atoms with Gasteiger partial charge < -0.3 is 34.4 Å². The molecule has 1 aliphatic carbocycles. The van der Waals surface area contributed by atoms with E-state index in [1.807, 2.05) is 27.0 Å². The van der Waals surface area contributed by atoms with Gasteiger partial charge in [0.15, 0.2) is 12.2 Å². The van der Waals surface area contributed by atoms with Crippen molar-refractivity contribution in [3.63, 3.8) is 0 Å². The van der Waals surface area contributed by atoms with Gasteiger partial charge in [0.1, 0.15) is 11.5 Å². The molecule has 0 saturated carbocycles. The molecule has 0 amide bonds. The fourth-order valence-electron chi connectivity index (χ4n) is 5.89. The number of hydrogen-bond donors (Lipinski definition) is 3. The molecule has 5 atom stereocenters. The zero-order valence-electron chi connectivity index (χ0n) is 20.9. The minimum absolute atomic E-state index is 0.222. The number of hydrogen-bond acceptors (Lipinski definition) is 9. The summed E-state index contributed by atoms with van der Waals surface area (Å²) in [5.74, 6) is -2.02. The first-order valence-electron chi connectivity index (χ1n) is 12.1. The Morgan fingerprint density at radius 3 is 2.61 bits per heavy atom. The molecule has 0 radical (unpaired) electrons. The Morgan fingerprint density at radius 2 is 1.94 bits per heavy atom. The summed E-state index contributed by atoms with van der Waals surface area (Å²) < 4.78 is 16.8. The number of likely N-dealkylation sites (N-methyl/N-ethyl adjacent to an activating group) is 1. The number of carbonyl (C=O) groups excluding carboxylic acids is 2. The molecule has 1 saturated heterocycles. The Hall–Kier alpha value is -2.95. The van der Waals surface area contributed by atoms with E-state index in [1.54, 1.807) is 12.1 Å². The Kier molecular flexibility index (Phi) is 6.89. The molecule has 0 bridgehead atoms. The minimum Gasteiger partial charge on any atom is -0.481 e. The highest BCUT2D eigenvalue weighted by Gasteiger charge is 2.69. The lowest BCUT2D eigenvalue weighted by molar-refractivity contribution is -0.165. The van der Waals surface area contributed by atoms with Crippen molar-refractivity contribution in [3.05, 3.63) is 40.7 Å². The third kappa shape index (κ3) is 3.97. The molecule has 0 unspecified atom stereocenters. The quantitative estimate of drug-likeness (QED) is 0.469. The summed E-state index contributed by atoms with van der Waals surface area (Å²) in [6.45, 7) is 5.58. The van der Waals surface area contributed by atoms with Crippen LogP contribution in [0, 0.1) is 6.92 Å². The van der Waals surface area contributed by atoms with E-state index < -0.39 is 41.1 Å². The number of piperidine rings is 1. The lowest BCUT2D eigenvalue weighted by atomic mass is 9.54. The zero-order chi connectivity index (χ0) is 26.4. The topological polar surface area (TPSA) is 143 Å². The molecular formula is C26H33NO9. The highest BCUT2D eigenvalue weighted by atomic mass is 16.6. The maximum absolute atomic E-state index is 12.7. The maximum Gasteiger partial charge on any atom is 0.344 e. The standard InChI is InChI=1S/C26H33NO9/c1-14-5-6-17(13-28)22-21(14)25-11-12-27(4)16(3)26(25,33)10-9-18(23(25)36-22)35-20(30)8-7-19(29)34-15(2)24(31)32/h5-6,9,15-16,23,28,33H,7-8,10-13H2,1-4H3,(H,31,32)/t15-,16+,23-,25-,26+/m0/s1. The Bertz CT molecular complexity index is 1110. The van der Waals surface area contributed by atoms with Crippen LogP contribution in [0.4, 0.5) is 0 Å². The number of nitrogens with zero attached hydrogens (tertiary/aromatic N) is 1. The average Bonchev–Trinajstić information content (AvgIpc) is 3.20. The van der Waals surface area contributed by atoms with E-state index in [1.165, 1.54) is 6.92 Å². The second-order valence-electron chi connectivity index (χ2n) is 9.96. The van der Waals surface area contributed by atoms with Gasteiger partial charge in [-0.3, -0.25) is 9.59 Å². The number of carboxylic acid groups (broad SMARTS) is 1. The smallest absolute Gasteiger partial charge is 0.344 e. The van der Waals surface area contributed by atoms with Crippen LogP contribution in [0.3, 0.4) is 0 Å². The Morgan fingerprint density at radius 1 is 1.25 bits per heavy atom. The lowest BCUT2D eigenvalue weighted by Gasteiger charge is -2.58. The van der Waals surface area contributed by atoms with Crippen molar-refractivity contribution in [2.75, 3.05) is 13.6 Å². The molecule has 196 valence electrons. The summed E-state index contributed by atoms with van der Waals surface area (Å²) in [6.07, 6.45) is -0.307. The first kappa shape index (κ1) is 26.1. The zero-order valence-corrected chi connectivity index (χ0v) is 20.9. The van der Waals surface area contributed by atoms with Gasteiger partial charge in [0.2, 0.25) is 0 Å². The summed E-state index contributed by atoms with van der Waals surface area (Å²) in [5.41, 5.74) is 0.219. The van der Waals surface area contributed by atoms with E-state index in [9.17, 15) is 24.6 Å². The molecule has 3 N–H and O–H groups in total. The maximum atomic E-state index is 12.7. The summed E-state index contributed by atoms with van der Waals surface area (Å²) in [5, 5.41) is 31.0. The van der Waals surface area contributed by atoms with Gasteiger partial charge >= 0.3 is 17.9 Å². The van der Waals surface area contributed by atoms with Gasteiger partial charge in [0, 0.05) is 23.6 Å². The SMILES string of the molecule is Cc1ccc(CO)c2c1[C@]13CCN(C)[C@H](C)[C@]1(O)CC=C(OC(=O)CCC(=O)O[C@@H](C)C(=O)O)[C@@H]3O2. The predicted octanol–water partition coefficient (Wildman–Crippen LogP) is 1.57. The fraction of sp³-hybridized carbons (Fsp3) is 0.577. The summed E-state index contributed by atoms with van der Waals surface area (Å²) in [4.78, 5) is 37.5. The summed E-state index contributed by atoms with van der Waals surface area (Å²) in [6, 6.07) is 3.47. The molecule has 1 aromatic carbocycles. The van der Waals surface area contributed by atoms with Crippen molar-refractivity contribution in [2.45, 2.75) is 82.3 Å². The van der Waals surface area contributed by atoms with Gasteiger partial charge in [0.05, 0.1) is 30.5 Å². The van der Waals surface area contributed by atoms with Crippen LogP contribution in [-0.2, 0) is 35.9 Å². The van der Waals surface area contributed by atoms with Crippen LogP contribution in [-0.4, -0.2) is 75.6 Å². The minimum atomic E-state index is -1.31. The molecule has 10 heteroatoms. The number of aryl methyl sites for hydroxylation is 1. The third-order valence-electron chi connectivity index (χ3n) is 8.02. The Labute approximate surface area is 209 Å². The van der Waals surface area contributed by atoms with E-state index in [-0.39, 0.29) is 37.7 Å². The second kappa shape index (κ2) is 9.49. The summed E-state index contributed by atoms with van der Waals surface area (Å²) >= 11 is 0. The van der Waals surface area contributed by atoms with Gasteiger partial charge in [-0.2, -0.15) is 0 Å². The van der Waals surface area contributed by atoms with E-state index in [0.717, 1.165) is 11.1 Å². The number of aliphatic hydroxyl groups excluding tert-OH is 1. The van der Waals surface area contributed by atoms with Crippen LogP contribution in [0.15, 0.2) is 24.0 Å². The highest BCUT2D eigenvalue weighted by molar-refractivity contribution is 5.81. The van der Waals surface area contributed by atoms with Gasteiger partial charge in [-0.1, -0.05) is 12.1 Å². The van der Waals surface area contributed by atoms with E-state index >= 15 is 0 Å². The van der Waals surface area contributed by atoms with Crippen molar-refractivity contribution < 1.29 is 43.9 Å². The van der Waals surface area contributed by atoms with Crippen molar-refractivity contribution >= 4 is 17.9 Å². The van der Waals surface area contributed by atoms with Crippen molar-refractivity contribution in [1.82, 2.24) is 4.90 Å². The van der Waals surface area contributed by atoms with Crippen LogP contribution < -0.4 is 4.74 Å². The molecule has 10 nitrogen and oxygen atoms in total. The normalized spacial score (nSPS) is 29.7. The number of carbonyl (C=O) groups is 3. The molecule has 2 heterocycles. The van der Waals surface area contributed by atoms with Gasteiger partial charge in [-0.05, 0) is 52.4 Å². The number of fused-ring (bicyclic) bond motifs is 1. The van der Waals surface area contributed by atoms with Gasteiger partial charge in [-0.25, -0.2) is 4.79 Å². The van der Waals surface area contributed by atoms with Crippen molar-refractivity contribution in [3.8, 4) is 5.75 Å². The molecule has 1 aromatic rings. The fourth-order valence-corrected chi connectivity index (χ4v) is 5.89. The van der Waals surface area contributed by atoms with Gasteiger partial charge in [0.25, 0.3) is 0 Å². The number of likely N-dealkylation sites (tertiary alicyclic amines) is 1. The molecule has 1 fully saturated rings. The van der Waals surface area contributed by atoms with Crippen LogP contribution in [0.1, 0.15) is 56.2 Å². The molecule has 0 aromatic heterocycles. The largest absolute Gasteiger partial charge is 0.481 e. The lowest BCUT2D eigenvalue weighted by Crippen LogP contribution is -2.71. The highest BCUT2D eigenvalue weighted by Crippen LogP contribution is 2.61. The number of carboxylic acids is 1. The molecule has 3 aliphatic rings. The van der Waals surface area contributed by atoms with Crippen LogP contribution in [0.2, 0.25) is 0 Å². The number of benzene rings is 1. The molecule has 1 spiro atoms. The summed E-state index contributed by atoms with van der Waals surface area (Å²) in [7, 11) is 1.96. The number of rotatable bonds is 7. The molecule has 2 aliphatic heterocycles. The van der Waals surface area contributed by atoms with E-state index in [4.69, 9.17) is 19.3 Å². The number of aliphatic carboxylic acids is 1. The van der Waals surface area contributed by atoms with Crippen LogP contribution >= 0.6 is 0 Å². The number of esters is 2. The van der Waals surface area contributed by atoms with E-state index in [0.29, 0.717) is 24.3 Å². The van der Waals surface area contributed by atoms with Gasteiger partial charge in [-0.15, -0.1) is 0 Å². The number of aliphatic hydroxyl groups is 2. The molecule has 36 heavy (non-hydrogen) atoms. The third-order valence-corrected chi connectivity index (χ3v) is 8.02. The first-order valence-corrected chi connectivity index (χ1v) is 12.1. The number of ether oxygens (including phenoxy) is 3. The molecular weight excluding hydrogens is 470 g/mol. The van der Waals surface area contributed by atoms with Crippen molar-refractivity contribution in [2.24, 2.45) is 0 Å². The molecule has 4 rings (SSSR count).